The summed E-state index contributed by atoms with van der Waals surface area (Å²) in [5.74, 6) is -2.01. The Morgan fingerprint density at radius 3 is 2.38 bits per heavy atom. The summed E-state index contributed by atoms with van der Waals surface area (Å²) in [5, 5.41) is 13.3. The minimum absolute atomic E-state index is 0.0216. The number of thiophene rings is 1. The lowest BCUT2D eigenvalue weighted by atomic mass is 10.1. The Labute approximate surface area is 151 Å². The van der Waals surface area contributed by atoms with Gasteiger partial charge in [0.1, 0.15) is 9.88 Å². The highest BCUT2D eigenvalue weighted by molar-refractivity contribution is 7.18. The van der Waals surface area contributed by atoms with Gasteiger partial charge in [-0.15, -0.1) is 11.3 Å². The SMILES string of the molecule is CCOC(=O)c1sc(NC(=O)c2ccc([N+](=O)[O-])cc2)c(C(N)=O)c1C. The van der Waals surface area contributed by atoms with Crippen molar-refractivity contribution in [3.05, 3.63) is 55.9 Å². The number of nitrogens with one attached hydrogen (secondary N) is 1. The Kier molecular flexibility index (Phi) is 5.68. The molecule has 2 aromatic rings. The Hall–Kier alpha value is -3.27. The van der Waals surface area contributed by atoms with E-state index in [1.54, 1.807) is 6.92 Å². The van der Waals surface area contributed by atoms with Crippen LogP contribution in [-0.4, -0.2) is 29.3 Å². The van der Waals surface area contributed by atoms with Crippen molar-refractivity contribution in [3.8, 4) is 0 Å². The number of carbonyl (C=O) groups is 3. The first-order valence-corrected chi connectivity index (χ1v) is 8.24. The second-order valence-electron chi connectivity index (χ2n) is 5.10. The number of esters is 1. The Morgan fingerprint density at radius 2 is 1.88 bits per heavy atom. The molecule has 0 aliphatic carbocycles. The quantitative estimate of drug-likeness (QED) is 0.450. The summed E-state index contributed by atoms with van der Waals surface area (Å²) in [6.07, 6.45) is 0. The van der Waals surface area contributed by atoms with E-state index >= 15 is 0 Å². The van der Waals surface area contributed by atoms with Crippen LogP contribution in [0.5, 0.6) is 0 Å². The zero-order valence-corrected chi connectivity index (χ0v) is 14.7. The highest BCUT2D eigenvalue weighted by atomic mass is 32.1. The highest BCUT2D eigenvalue weighted by Gasteiger charge is 2.25. The first kappa shape index (κ1) is 19.1. The first-order chi connectivity index (χ1) is 12.3. The molecule has 9 nitrogen and oxygen atoms in total. The first-order valence-electron chi connectivity index (χ1n) is 7.42. The van der Waals surface area contributed by atoms with Gasteiger partial charge >= 0.3 is 5.97 Å². The van der Waals surface area contributed by atoms with Crippen LogP contribution in [0.1, 0.15) is 42.9 Å². The van der Waals surface area contributed by atoms with E-state index in [0.29, 0.717) is 5.56 Å². The molecule has 1 heterocycles. The number of hydrogen-bond acceptors (Lipinski definition) is 7. The molecule has 0 atom stereocenters. The van der Waals surface area contributed by atoms with Gasteiger partial charge in [-0.1, -0.05) is 0 Å². The largest absolute Gasteiger partial charge is 0.462 e. The number of ether oxygens (including phenoxy) is 1. The zero-order valence-electron chi connectivity index (χ0n) is 13.9. The van der Waals surface area contributed by atoms with Crippen LogP contribution in [0.25, 0.3) is 0 Å². The summed E-state index contributed by atoms with van der Waals surface area (Å²) < 4.78 is 4.92. The molecule has 136 valence electrons. The topological polar surface area (TPSA) is 142 Å². The maximum absolute atomic E-state index is 12.3. The lowest BCUT2D eigenvalue weighted by molar-refractivity contribution is -0.384. The van der Waals surface area contributed by atoms with Gasteiger partial charge in [0.05, 0.1) is 17.1 Å². The Balaban J connectivity index is 2.34. The molecule has 1 aromatic carbocycles. The molecule has 26 heavy (non-hydrogen) atoms. The van der Waals surface area contributed by atoms with Crippen molar-refractivity contribution in [1.29, 1.82) is 0 Å². The van der Waals surface area contributed by atoms with Gasteiger partial charge in [0.2, 0.25) is 0 Å². The second-order valence-corrected chi connectivity index (χ2v) is 6.12. The number of nitro groups is 1. The van der Waals surface area contributed by atoms with Gasteiger partial charge in [-0.2, -0.15) is 0 Å². The van der Waals surface area contributed by atoms with Gasteiger partial charge in [-0.05, 0) is 31.5 Å². The summed E-state index contributed by atoms with van der Waals surface area (Å²) in [5.41, 5.74) is 5.69. The number of nitro benzene ring substituents is 1. The van der Waals surface area contributed by atoms with Crippen LogP contribution in [0, 0.1) is 17.0 Å². The number of hydrogen-bond donors (Lipinski definition) is 2. The minimum atomic E-state index is -0.798. The fourth-order valence-corrected chi connectivity index (χ4v) is 3.30. The molecule has 2 amide bonds. The average Bonchev–Trinajstić information content (AvgIpc) is 2.91. The summed E-state index contributed by atoms with van der Waals surface area (Å²) in [4.78, 5) is 46.3. The fraction of sp³-hybridized carbons (Fsp3) is 0.188. The minimum Gasteiger partial charge on any atom is -0.462 e. The molecule has 0 fully saturated rings. The van der Waals surface area contributed by atoms with Crippen molar-refractivity contribution in [3.63, 3.8) is 0 Å². The number of carbonyl (C=O) groups excluding carboxylic acids is 3. The van der Waals surface area contributed by atoms with Crippen molar-refractivity contribution in [2.24, 2.45) is 5.73 Å². The predicted octanol–water partition coefficient (Wildman–Crippen LogP) is 2.49. The van der Waals surface area contributed by atoms with Crippen LogP contribution in [0.4, 0.5) is 10.7 Å². The Morgan fingerprint density at radius 1 is 1.27 bits per heavy atom. The van der Waals surface area contributed by atoms with E-state index < -0.39 is 22.7 Å². The highest BCUT2D eigenvalue weighted by Crippen LogP contribution is 2.33. The number of nitrogens with zero attached hydrogens (tertiary/aromatic N) is 1. The summed E-state index contributed by atoms with van der Waals surface area (Å²) >= 11 is 0.878. The summed E-state index contributed by atoms with van der Waals surface area (Å²) in [6.45, 7) is 3.34. The molecule has 0 bridgehead atoms. The molecule has 0 unspecified atom stereocenters. The zero-order chi connectivity index (χ0) is 19.4. The fourth-order valence-electron chi connectivity index (χ4n) is 2.20. The van der Waals surface area contributed by atoms with E-state index in [0.717, 1.165) is 11.3 Å². The lowest BCUT2D eigenvalue weighted by Gasteiger charge is -2.05. The molecule has 1 aromatic heterocycles. The summed E-state index contributed by atoms with van der Waals surface area (Å²) in [7, 11) is 0. The van der Waals surface area contributed by atoms with E-state index in [9.17, 15) is 24.5 Å². The van der Waals surface area contributed by atoms with Crippen molar-refractivity contribution in [2.75, 3.05) is 11.9 Å². The number of benzene rings is 1. The number of primary amides is 1. The molecular formula is C16H15N3O6S. The molecule has 0 saturated heterocycles. The van der Waals surface area contributed by atoms with E-state index in [1.807, 2.05) is 0 Å². The van der Waals surface area contributed by atoms with Crippen molar-refractivity contribution in [2.45, 2.75) is 13.8 Å². The van der Waals surface area contributed by atoms with E-state index in [-0.39, 0.29) is 33.3 Å². The lowest BCUT2D eigenvalue weighted by Crippen LogP contribution is -2.17. The van der Waals surface area contributed by atoms with Crippen molar-refractivity contribution in [1.82, 2.24) is 0 Å². The second kappa shape index (κ2) is 7.74. The number of nitrogens with two attached hydrogens (primary N) is 1. The molecule has 2 rings (SSSR count). The summed E-state index contributed by atoms with van der Waals surface area (Å²) in [6, 6.07) is 4.94. The van der Waals surface area contributed by atoms with E-state index in [2.05, 4.69) is 5.32 Å². The van der Waals surface area contributed by atoms with Crippen molar-refractivity contribution < 1.29 is 24.0 Å². The van der Waals surface area contributed by atoms with Gasteiger partial charge < -0.3 is 15.8 Å². The molecule has 0 spiro atoms. The third kappa shape index (κ3) is 3.86. The Bertz CT molecular complexity index is 888. The number of rotatable bonds is 6. The van der Waals surface area contributed by atoms with Crippen LogP contribution in [-0.2, 0) is 4.74 Å². The van der Waals surface area contributed by atoms with Gasteiger partial charge in [-0.25, -0.2) is 4.79 Å². The molecule has 3 N–H and O–H groups in total. The van der Waals surface area contributed by atoms with Crippen molar-refractivity contribution >= 4 is 39.8 Å². The van der Waals surface area contributed by atoms with Gasteiger partial charge in [0.15, 0.2) is 0 Å². The van der Waals surface area contributed by atoms with Crippen LogP contribution in [0.3, 0.4) is 0 Å². The van der Waals surface area contributed by atoms with Gasteiger partial charge in [0.25, 0.3) is 17.5 Å². The number of non-ortho nitro benzene ring substituents is 1. The van der Waals surface area contributed by atoms with Gasteiger partial charge in [0, 0.05) is 17.7 Å². The third-order valence-electron chi connectivity index (χ3n) is 3.42. The average molecular weight is 377 g/mol. The predicted molar refractivity (Wildman–Crippen MR) is 94.6 cm³/mol. The van der Waals surface area contributed by atoms with Crippen LogP contribution in [0.2, 0.25) is 0 Å². The smallest absolute Gasteiger partial charge is 0.348 e. The van der Waals surface area contributed by atoms with Gasteiger partial charge in [-0.3, -0.25) is 19.7 Å². The van der Waals surface area contributed by atoms with Crippen LogP contribution < -0.4 is 11.1 Å². The molecule has 0 radical (unpaired) electrons. The molecular weight excluding hydrogens is 362 g/mol. The molecule has 0 saturated carbocycles. The third-order valence-corrected chi connectivity index (χ3v) is 4.61. The molecule has 0 aliphatic heterocycles. The van der Waals surface area contributed by atoms with Crippen LogP contribution in [0.15, 0.2) is 24.3 Å². The molecule has 0 aliphatic rings. The number of amides is 2. The molecule has 10 heteroatoms. The van der Waals surface area contributed by atoms with Crippen LogP contribution >= 0.6 is 11.3 Å². The van der Waals surface area contributed by atoms with E-state index in [4.69, 9.17) is 10.5 Å². The number of anilines is 1. The van der Waals surface area contributed by atoms with E-state index in [1.165, 1.54) is 31.2 Å². The standard InChI is InChI=1S/C16H15N3O6S/c1-3-25-16(22)12-8(2)11(13(17)20)15(26-12)18-14(21)9-4-6-10(7-5-9)19(23)24/h4-7H,3H2,1-2H3,(H2,17,20)(H,18,21). The monoisotopic (exact) mass is 377 g/mol. The maximum Gasteiger partial charge on any atom is 0.348 e. The maximum atomic E-state index is 12.3. The normalized spacial score (nSPS) is 10.2.